The summed E-state index contributed by atoms with van der Waals surface area (Å²) in [7, 11) is 0. The largest absolute Gasteiger partial charge is 0.480 e. The molecule has 0 bridgehead atoms. The van der Waals surface area contributed by atoms with E-state index in [4.69, 9.17) is 5.11 Å². The molecule has 1 aliphatic heterocycles. The molecule has 2 heterocycles. The summed E-state index contributed by atoms with van der Waals surface area (Å²) >= 11 is 1.48. The maximum atomic E-state index is 12.3. The molecule has 1 N–H and O–H groups in total. The molecule has 1 aromatic carbocycles. The fourth-order valence-corrected chi connectivity index (χ4v) is 3.74. The standard InChI is InChI=1S/C17H15NO4S/c19-14(12-10-23-15-6-2-1-4-11(12)15)7-8-16(20)18-9-3-5-13(18)17(21)22/h1-2,4,6-8,10,13H,3,5,9H2,(H,21,22)/b8-7+/t13-/m0/s1. The van der Waals surface area contributed by atoms with Gasteiger partial charge in [0.25, 0.3) is 0 Å². The topological polar surface area (TPSA) is 74.7 Å². The second-order valence-electron chi connectivity index (χ2n) is 5.37. The van der Waals surface area contributed by atoms with E-state index in [1.54, 1.807) is 5.38 Å². The van der Waals surface area contributed by atoms with Crippen LogP contribution in [0, 0.1) is 0 Å². The second kappa shape index (κ2) is 6.34. The average molecular weight is 329 g/mol. The van der Waals surface area contributed by atoms with Crippen molar-refractivity contribution in [1.29, 1.82) is 0 Å². The van der Waals surface area contributed by atoms with Crippen LogP contribution in [0.2, 0.25) is 0 Å². The second-order valence-corrected chi connectivity index (χ2v) is 6.28. The number of carbonyl (C=O) groups excluding carboxylic acids is 2. The van der Waals surface area contributed by atoms with Gasteiger partial charge in [0.05, 0.1) is 0 Å². The van der Waals surface area contributed by atoms with Crippen LogP contribution >= 0.6 is 11.3 Å². The fourth-order valence-electron chi connectivity index (χ4n) is 2.79. The van der Waals surface area contributed by atoms with Crippen molar-refractivity contribution in [2.75, 3.05) is 6.54 Å². The Labute approximate surface area is 136 Å². The Morgan fingerprint density at radius 3 is 2.78 bits per heavy atom. The van der Waals surface area contributed by atoms with Crippen molar-refractivity contribution in [3.63, 3.8) is 0 Å². The van der Waals surface area contributed by atoms with E-state index in [2.05, 4.69) is 0 Å². The third-order valence-corrected chi connectivity index (χ3v) is 4.91. The van der Waals surface area contributed by atoms with E-state index in [9.17, 15) is 14.4 Å². The summed E-state index contributed by atoms with van der Waals surface area (Å²) in [4.78, 5) is 36.8. The summed E-state index contributed by atoms with van der Waals surface area (Å²) in [6, 6.07) is 6.79. The lowest BCUT2D eigenvalue weighted by Crippen LogP contribution is -2.39. The molecule has 1 atom stereocenters. The monoisotopic (exact) mass is 329 g/mol. The highest BCUT2D eigenvalue weighted by molar-refractivity contribution is 7.17. The smallest absolute Gasteiger partial charge is 0.326 e. The summed E-state index contributed by atoms with van der Waals surface area (Å²) in [5.41, 5.74) is 0.561. The number of ketones is 1. The minimum absolute atomic E-state index is 0.248. The molecule has 0 saturated carbocycles. The van der Waals surface area contributed by atoms with Gasteiger partial charge in [0.2, 0.25) is 5.91 Å². The number of thiophene rings is 1. The number of carboxylic acid groups (broad SMARTS) is 1. The highest BCUT2D eigenvalue weighted by Gasteiger charge is 2.32. The first-order valence-corrected chi connectivity index (χ1v) is 8.18. The van der Waals surface area contributed by atoms with Crippen LogP contribution in [0.25, 0.3) is 10.1 Å². The van der Waals surface area contributed by atoms with Gasteiger partial charge >= 0.3 is 5.97 Å². The number of aliphatic carboxylic acids is 1. The molecule has 1 saturated heterocycles. The zero-order valence-corrected chi connectivity index (χ0v) is 13.1. The summed E-state index contributed by atoms with van der Waals surface area (Å²) in [6.45, 7) is 0.412. The van der Waals surface area contributed by atoms with Gasteiger partial charge in [-0.15, -0.1) is 11.3 Å². The van der Waals surface area contributed by atoms with Crippen LogP contribution in [0.3, 0.4) is 0 Å². The molecule has 1 aliphatic rings. The molecule has 0 spiro atoms. The Morgan fingerprint density at radius 2 is 2.00 bits per heavy atom. The molecule has 5 nitrogen and oxygen atoms in total. The summed E-state index contributed by atoms with van der Waals surface area (Å²) in [5.74, 6) is -1.68. The van der Waals surface area contributed by atoms with Gasteiger partial charge in [-0.25, -0.2) is 4.79 Å². The van der Waals surface area contributed by atoms with Crippen molar-refractivity contribution in [2.45, 2.75) is 18.9 Å². The third-order valence-electron chi connectivity index (χ3n) is 3.94. The molecular formula is C17H15NO4S. The van der Waals surface area contributed by atoms with Gasteiger partial charge in [0.1, 0.15) is 6.04 Å². The Balaban J connectivity index is 1.76. The number of fused-ring (bicyclic) bond motifs is 1. The number of carboxylic acids is 1. The van der Waals surface area contributed by atoms with E-state index in [0.717, 1.165) is 10.1 Å². The van der Waals surface area contributed by atoms with Crippen molar-refractivity contribution in [3.8, 4) is 0 Å². The average Bonchev–Trinajstić information content (AvgIpc) is 3.18. The van der Waals surface area contributed by atoms with E-state index in [-0.39, 0.29) is 5.78 Å². The fraction of sp³-hybridized carbons (Fsp3) is 0.235. The molecule has 0 unspecified atom stereocenters. The van der Waals surface area contributed by atoms with Crippen molar-refractivity contribution in [2.24, 2.45) is 0 Å². The van der Waals surface area contributed by atoms with E-state index >= 15 is 0 Å². The highest BCUT2D eigenvalue weighted by Crippen LogP contribution is 2.26. The van der Waals surface area contributed by atoms with Gasteiger partial charge in [0, 0.05) is 33.7 Å². The van der Waals surface area contributed by atoms with Crippen LogP contribution in [0.4, 0.5) is 0 Å². The number of allylic oxidation sites excluding steroid dienone is 1. The Bertz CT molecular complexity index is 808. The molecule has 118 valence electrons. The lowest BCUT2D eigenvalue weighted by molar-refractivity contribution is -0.146. The van der Waals surface area contributed by atoms with E-state index in [0.29, 0.717) is 24.9 Å². The molecule has 3 rings (SSSR count). The first-order chi connectivity index (χ1) is 11.1. The highest BCUT2D eigenvalue weighted by atomic mass is 32.1. The van der Waals surface area contributed by atoms with Crippen molar-refractivity contribution in [1.82, 2.24) is 4.90 Å². The third kappa shape index (κ3) is 3.03. The molecule has 2 aromatic rings. The predicted molar refractivity (Wildman–Crippen MR) is 87.7 cm³/mol. The van der Waals surface area contributed by atoms with Crippen molar-refractivity contribution < 1.29 is 19.5 Å². The van der Waals surface area contributed by atoms with Crippen molar-refractivity contribution in [3.05, 3.63) is 47.4 Å². The van der Waals surface area contributed by atoms with E-state index in [1.807, 2.05) is 24.3 Å². The van der Waals surface area contributed by atoms with Crippen LogP contribution in [-0.4, -0.2) is 40.3 Å². The van der Waals surface area contributed by atoms with Crippen molar-refractivity contribution >= 4 is 39.1 Å². The van der Waals surface area contributed by atoms with Gasteiger partial charge in [-0.3, -0.25) is 9.59 Å². The molecule has 6 heteroatoms. The van der Waals surface area contributed by atoms with Crippen LogP contribution in [0.15, 0.2) is 41.8 Å². The molecule has 1 fully saturated rings. The number of hydrogen-bond donors (Lipinski definition) is 1. The first kappa shape index (κ1) is 15.4. The molecule has 23 heavy (non-hydrogen) atoms. The van der Waals surface area contributed by atoms with Gasteiger partial charge < -0.3 is 10.0 Å². The summed E-state index contributed by atoms with van der Waals surface area (Å²) < 4.78 is 1.01. The SMILES string of the molecule is O=C(/C=C/C(=O)N1CCC[C@H]1C(=O)O)c1csc2ccccc12. The number of nitrogens with zero attached hydrogens (tertiary/aromatic N) is 1. The first-order valence-electron chi connectivity index (χ1n) is 7.30. The lowest BCUT2D eigenvalue weighted by Gasteiger charge is -2.19. The number of rotatable bonds is 4. The molecule has 1 amide bonds. The molecule has 1 aromatic heterocycles. The number of amides is 1. The Kier molecular flexibility index (Phi) is 4.25. The lowest BCUT2D eigenvalue weighted by atomic mass is 10.1. The normalized spacial score (nSPS) is 17.9. The number of benzene rings is 1. The Morgan fingerprint density at radius 1 is 1.22 bits per heavy atom. The molecular weight excluding hydrogens is 314 g/mol. The maximum absolute atomic E-state index is 12.3. The Hall–Kier alpha value is -2.47. The van der Waals surface area contributed by atoms with Gasteiger partial charge in [-0.1, -0.05) is 18.2 Å². The quantitative estimate of drug-likeness (QED) is 0.691. The summed E-state index contributed by atoms with van der Waals surface area (Å²) in [5, 5.41) is 11.7. The van der Waals surface area contributed by atoms with Gasteiger partial charge in [-0.05, 0) is 25.0 Å². The maximum Gasteiger partial charge on any atom is 0.326 e. The summed E-state index contributed by atoms with van der Waals surface area (Å²) in [6.07, 6.45) is 3.53. The molecule has 0 radical (unpaired) electrons. The zero-order valence-electron chi connectivity index (χ0n) is 12.3. The zero-order chi connectivity index (χ0) is 16.4. The predicted octanol–water partition coefficient (Wildman–Crippen LogP) is 2.72. The van der Waals surface area contributed by atoms with Crippen LogP contribution < -0.4 is 0 Å². The van der Waals surface area contributed by atoms with Crippen LogP contribution in [-0.2, 0) is 9.59 Å². The van der Waals surface area contributed by atoms with E-state index in [1.165, 1.54) is 28.4 Å². The number of likely N-dealkylation sites (tertiary alicyclic amines) is 1. The van der Waals surface area contributed by atoms with E-state index < -0.39 is 17.9 Å². The van der Waals surface area contributed by atoms with Gasteiger partial charge in [0.15, 0.2) is 5.78 Å². The number of hydrogen-bond acceptors (Lipinski definition) is 4. The number of carbonyl (C=O) groups is 3. The van der Waals surface area contributed by atoms with Gasteiger partial charge in [-0.2, -0.15) is 0 Å². The van der Waals surface area contributed by atoms with Crippen LogP contribution in [0.1, 0.15) is 23.2 Å². The van der Waals surface area contributed by atoms with Crippen LogP contribution in [0.5, 0.6) is 0 Å². The minimum Gasteiger partial charge on any atom is -0.480 e. The minimum atomic E-state index is -1.00. The molecule has 0 aliphatic carbocycles.